The van der Waals surface area contributed by atoms with Crippen LogP contribution in [0.5, 0.6) is 0 Å². The molecule has 0 aromatic carbocycles. The van der Waals surface area contributed by atoms with E-state index in [1.165, 1.54) is 5.57 Å². The van der Waals surface area contributed by atoms with Gasteiger partial charge in [0.05, 0.1) is 12.1 Å². The van der Waals surface area contributed by atoms with Crippen molar-refractivity contribution < 1.29 is 4.79 Å². The molecule has 0 N–H and O–H groups in total. The summed E-state index contributed by atoms with van der Waals surface area (Å²) >= 11 is 0. The van der Waals surface area contributed by atoms with E-state index in [4.69, 9.17) is 10.5 Å². The van der Waals surface area contributed by atoms with E-state index < -0.39 is 5.92 Å². The van der Waals surface area contributed by atoms with Crippen molar-refractivity contribution in [1.82, 2.24) is 0 Å². The molecule has 3 nitrogen and oxygen atoms in total. The zero-order chi connectivity index (χ0) is 14.8. The number of carbonyl (C=O) groups is 1. The minimum Gasteiger partial charge on any atom is -0.295 e. The summed E-state index contributed by atoms with van der Waals surface area (Å²) in [6.45, 7) is 7.81. The van der Waals surface area contributed by atoms with Crippen molar-refractivity contribution in [3.05, 3.63) is 23.3 Å². The van der Waals surface area contributed by atoms with Gasteiger partial charge in [-0.3, -0.25) is 4.79 Å². The van der Waals surface area contributed by atoms with Crippen LogP contribution in [-0.4, -0.2) is 5.78 Å². The topological polar surface area (TPSA) is 64.7 Å². The highest BCUT2D eigenvalue weighted by atomic mass is 16.1. The van der Waals surface area contributed by atoms with Gasteiger partial charge in [-0.1, -0.05) is 24.1 Å². The maximum Gasteiger partial charge on any atom is 0.155 e. The highest BCUT2D eigenvalue weighted by molar-refractivity contribution is 5.90. The van der Waals surface area contributed by atoms with Crippen molar-refractivity contribution in [1.29, 1.82) is 10.5 Å². The van der Waals surface area contributed by atoms with E-state index in [2.05, 4.69) is 19.9 Å². The summed E-state index contributed by atoms with van der Waals surface area (Å²) < 4.78 is 0. The standard InChI is InChI=1S/C16H22N2O/c1-12(2)6-5-7-13(3)8-16(19)9-14(4)15(10-17)11-18/h6,8,14-15H,5,7,9H2,1-4H3/b13-8+. The Morgan fingerprint density at radius 3 is 2.26 bits per heavy atom. The maximum absolute atomic E-state index is 11.8. The van der Waals surface area contributed by atoms with Crippen molar-refractivity contribution in [3.63, 3.8) is 0 Å². The molecule has 0 rings (SSSR count). The molecule has 0 aliphatic heterocycles. The van der Waals surface area contributed by atoms with Crippen LogP contribution < -0.4 is 0 Å². The summed E-state index contributed by atoms with van der Waals surface area (Å²) in [5.74, 6) is -0.926. The highest BCUT2D eigenvalue weighted by Crippen LogP contribution is 2.16. The lowest BCUT2D eigenvalue weighted by atomic mass is 9.91. The van der Waals surface area contributed by atoms with Gasteiger partial charge in [0.25, 0.3) is 0 Å². The molecule has 0 aromatic heterocycles. The fraction of sp³-hybridized carbons (Fsp3) is 0.562. The Morgan fingerprint density at radius 2 is 1.79 bits per heavy atom. The summed E-state index contributed by atoms with van der Waals surface area (Å²) in [7, 11) is 0. The molecule has 0 saturated carbocycles. The summed E-state index contributed by atoms with van der Waals surface area (Å²) in [6, 6.07) is 3.83. The Kier molecular flexibility index (Phi) is 8.22. The molecule has 0 aliphatic rings. The second-order valence-electron chi connectivity index (χ2n) is 5.19. The van der Waals surface area contributed by atoms with E-state index >= 15 is 0 Å². The average Bonchev–Trinajstić information content (AvgIpc) is 2.29. The molecule has 0 radical (unpaired) electrons. The lowest BCUT2D eigenvalue weighted by molar-refractivity contribution is -0.115. The molecule has 0 saturated heterocycles. The fourth-order valence-electron chi connectivity index (χ4n) is 1.71. The fourth-order valence-corrected chi connectivity index (χ4v) is 1.71. The van der Waals surface area contributed by atoms with Crippen LogP contribution in [-0.2, 0) is 4.79 Å². The first-order valence-corrected chi connectivity index (χ1v) is 6.53. The number of allylic oxidation sites excluding steroid dienone is 4. The maximum atomic E-state index is 11.8. The molecule has 0 spiro atoms. The average molecular weight is 258 g/mol. The molecule has 0 fully saturated rings. The quantitative estimate of drug-likeness (QED) is 0.513. The van der Waals surface area contributed by atoms with Crippen molar-refractivity contribution in [2.24, 2.45) is 11.8 Å². The van der Waals surface area contributed by atoms with Gasteiger partial charge in [-0.15, -0.1) is 0 Å². The van der Waals surface area contributed by atoms with E-state index in [1.54, 1.807) is 13.0 Å². The van der Waals surface area contributed by atoms with Gasteiger partial charge in [-0.2, -0.15) is 10.5 Å². The highest BCUT2D eigenvalue weighted by Gasteiger charge is 2.18. The van der Waals surface area contributed by atoms with Gasteiger partial charge in [0.2, 0.25) is 0 Å². The number of rotatable bonds is 7. The first kappa shape index (κ1) is 17.1. The van der Waals surface area contributed by atoms with Gasteiger partial charge in [0, 0.05) is 6.42 Å². The number of hydrogen-bond acceptors (Lipinski definition) is 3. The Morgan fingerprint density at radius 1 is 1.21 bits per heavy atom. The second-order valence-corrected chi connectivity index (χ2v) is 5.19. The monoisotopic (exact) mass is 258 g/mol. The third kappa shape index (κ3) is 7.95. The first-order chi connectivity index (χ1) is 8.90. The van der Waals surface area contributed by atoms with Gasteiger partial charge in [-0.25, -0.2) is 0 Å². The smallest absolute Gasteiger partial charge is 0.155 e. The molecule has 0 aliphatic carbocycles. The van der Waals surface area contributed by atoms with Crippen molar-refractivity contribution in [2.45, 2.75) is 47.0 Å². The van der Waals surface area contributed by atoms with Crippen LogP contribution in [0, 0.1) is 34.5 Å². The molecule has 3 heteroatoms. The SMILES string of the molecule is CC(C)=CCC/C(C)=C/C(=O)CC(C)C(C#N)C#N. The van der Waals surface area contributed by atoms with E-state index in [1.807, 2.05) is 19.1 Å². The third-order valence-corrected chi connectivity index (χ3v) is 2.87. The van der Waals surface area contributed by atoms with Gasteiger partial charge in [-0.05, 0) is 45.6 Å². The van der Waals surface area contributed by atoms with Gasteiger partial charge >= 0.3 is 0 Å². The molecule has 0 heterocycles. The Hall–Kier alpha value is -1.87. The normalized spacial score (nSPS) is 12.5. The summed E-state index contributed by atoms with van der Waals surface area (Å²) in [5.41, 5.74) is 2.32. The summed E-state index contributed by atoms with van der Waals surface area (Å²) in [5, 5.41) is 17.5. The summed E-state index contributed by atoms with van der Waals surface area (Å²) in [6.07, 6.45) is 5.84. The Labute approximate surface area is 116 Å². The Bertz CT molecular complexity index is 428. The van der Waals surface area contributed by atoms with Crippen LogP contribution in [0.4, 0.5) is 0 Å². The largest absolute Gasteiger partial charge is 0.295 e. The molecule has 1 unspecified atom stereocenters. The lowest BCUT2D eigenvalue weighted by Crippen LogP contribution is -2.12. The van der Waals surface area contributed by atoms with Crippen molar-refractivity contribution in [2.75, 3.05) is 0 Å². The van der Waals surface area contributed by atoms with Crippen LogP contribution in [0.15, 0.2) is 23.3 Å². The Balaban J connectivity index is 4.34. The van der Waals surface area contributed by atoms with Crippen LogP contribution in [0.3, 0.4) is 0 Å². The molecule has 1 atom stereocenters. The summed E-state index contributed by atoms with van der Waals surface area (Å²) in [4.78, 5) is 11.8. The molecule has 0 bridgehead atoms. The zero-order valence-corrected chi connectivity index (χ0v) is 12.2. The molecular formula is C16H22N2O. The number of ketones is 1. The second kappa shape index (κ2) is 9.11. The third-order valence-electron chi connectivity index (χ3n) is 2.87. The molecule has 102 valence electrons. The van der Waals surface area contributed by atoms with Crippen LogP contribution in [0.1, 0.15) is 47.0 Å². The number of carbonyl (C=O) groups excluding carboxylic acids is 1. The lowest BCUT2D eigenvalue weighted by Gasteiger charge is -2.09. The van der Waals surface area contributed by atoms with Crippen LogP contribution >= 0.6 is 0 Å². The van der Waals surface area contributed by atoms with Gasteiger partial charge in [0.15, 0.2) is 5.78 Å². The molecule has 19 heavy (non-hydrogen) atoms. The van der Waals surface area contributed by atoms with Crippen molar-refractivity contribution in [3.8, 4) is 12.1 Å². The predicted octanol–water partition coefficient (Wildman–Crippen LogP) is 3.94. The number of hydrogen-bond donors (Lipinski definition) is 0. The molecule has 0 aromatic rings. The van der Waals surface area contributed by atoms with Crippen LogP contribution in [0.2, 0.25) is 0 Å². The minimum atomic E-state index is -0.705. The van der Waals surface area contributed by atoms with E-state index in [0.29, 0.717) is 0 Å². The zero-order valence-electron chi connectivity index (χ0n) is 12.2. The number of nitrogens with zero attached hydrogens (tertiary/aromatic N) is 2. The predicted molar refractivity (Wildman–Crippen MR) is 75.9 cm³/mol. The molecule has 0 amide bonds. The number of nitriles is 2. The first-order valence-electron chi connectivity index (χ1n) is 6.53. The van der Waals surface area contributed by atoms with Crippen LogP contribution in [0.25, 0.3) is 0 Å². The van der Waals surface area contributed by atoms with Crippen molar-refractivity contribution >= 4 is 5.78 Å². The van der Waals surface area contributed by atoms with Gasteiger partial charge < -0.3 is 0 Å². The van der Waals surface area contributed by atoms with Gasteiger partial charge in [0.1, 0.15) is 5.92 Å². The van der Waals surface area contributed by atoms with E-state index in [0.717, 1.165) is 18.4 Å². The van der Waals surface area contributed by atoms with E-state index in [9.17, 15) is 4.79 Å². The van der Waals surface area contributed by atoms with E-state index in [-0.39, 0.29) is 18.1 Å². The minimum absolute atomic E-state index is 0.00213. The molecular weight excluding hydrogens is 236 g/mol.